The predicted molar refractivity (Wildman–Crippen MR) is 89.3 cm³/mol. The fourth-order valence-corrected chi connectivity index (χ4v) is 3.32. The Balaban J connectivity index is 1.90. The summed E-state index contributed by atoms with van der Waals surface area (Å²) >= 11 is 0. The molecule has 1 aliphatic rings. The third-order valence-electron chi connectivity index (χ3n) is 4.60. The van der Waals surface area contributed by atoms with Crippen LogP contribution in [0.3, 0.4) is 0 Å². The number of rotatable bonds is 4. The van der Waals surface area contributed by atoms with Crippen LogP contribution in [0.2, 0.25) is 0 Å². The van der Waals surface area contributed by atoms with Crippen LogP contribution in [0, 0.1) is 5.82 Å². The average Bonchev–Trinajstić information content (AvgIpc) is 2.59. The Labute approximate surface area is 135 Å². The Morgan fingerprint density at radius 1 is 1.17 bits per heavy atom. The van der Waals surface area contributed by atoms with Crippen molar-refractivity contribution in [1.29, 1.82) is 0 Å². The summed E-state index contributed by atoms with van der Waals surface area (Å²) in [6.45, 7) is 0.696. The van der Waals surface area contributed by atoms with Crippen LogP contribution in [-0.2, 0) is 11.2 Å². The molecule has 0 radical (unpaired) electrons. The molecule has 1 saturated heterocycles. The third-order valence-corrected chi connectivity index (χ3v) is 4.60. The molecule has 0 saturated carbocycles. The number of nitrogens with zero attached hydrogens (tertiary/aromatic N) is 1. The van der Waals surface area contributed by atoms with Gasteiger partial charge in [-0.25, -0.2) is 4.39 Å². The summed E-state index contributed by atoms with van der Waals surface area (Å²) in [5.74, 6) is -0.220. The first-order valence-electron chi connectivity index (χ1n) is 8.00. The van der Waals surface area contributed by atoms with Crippen LogP contribution in [0.5, 0.6) is 0 Å². The van der Waals surface area contributed by atoms with Crippen molar-refractivity contribution in [3.63, 3.8) is 0 Å². The fraction of sp³-hybridized carbons (Fsp3) is 0.316. The highest BCUT2D eigenvalue weighted by molar-refractivity contribution is 5.65. The number of amides is 1. The van der Waals surface area contributed by atoms with Crippen LogP contribution in [0.25, 0.3) is 11.1 Å². The van der Waals surface area contributed by atoms with E-state index in [2.05, 4.69) is 0 Å². The average molecular weight is 312 g/mol. The van der Waals surface area contributed by atoms with Gasteiger partial charge in [0.05, 0.1) is 6.04 Å². The number of likely N-dealkylation sites (tertiary alicyclic amines) is 1. The van der Waals surface area contributed by atoms with Crippen molar-refractivity contribution in [1.82, 2.24) is 4.90 Å². The van der Waals surface area contributed by atoms with E-state index in [1.165, 1.54) is 0 Å². The van der Waals surface area contributed by atoms with Gasteiger partial charge in [-0.3, -0.25) is 4.79 Å². The maximum Gasteiger partial charge on any atom is 0.210 e. The molecule has 1 amide bonds. The minimum atomic E-state index is -0.220. The lowest BCUT2D eigenvalue weighted by molar-refractivity contribution is -0.121. The smallest absolute Gasteiger partial charge is 0.210 e. The maximum atomic E-state index is 14.9. The zero-order valence-electron chi connectivity index (χ0n) is 13.0. The van der Waals surface area contributed by atoms with Gasteiger partial charge in [0.25, 0.3) is 0 Å². The molecule has 0 spiro atoms. The molecular formula is C19H21FN2O. The molecule has 0 bridgehead atoms. The lowest BCUT2D eigenvalue weighted by Crippen LogP contribution is -2.52. The van der Waals surface area contributed by atoms with Gasteiger partial charge in [0.1, 0.15) is 5.82 Å². The van der Waals surface area contributed by atoms with E-state index in [1.54, 1.807) is 17.0 Å². The van der Waals surface area contributed by atoms with Crippen LogP contribution < -0.4 is 5.73 Å². The Morgan fingerprint density at radius 3 is 2.70 bits per heavy atom. The van der Waals surface area contributed by atoms with Crippen LogP contribution >= 0.6 is 0 Å². The molecule has 3 rings (SSSR count). The van der Waals surface area contributed by atoms with Crippen molar-refractivity contribution >= 4 is 6.41 Å². The van der Waals surface area contributed by atoms with E-state index in [0.29, 0.717) is 24.1 Å². The van der Waals surface area contributed by atoms with Crippen LogP contribution in [0.15, 0.2) is 48.5 Å². The number of hydrogen-bond donors (Lipinski definition) is 1. The number of hydrogen-bond acceptors (Lipinski definition) is 2. The molecule has 2 N–H and O–H groups in total. The molecule has 2 aromatic rings. The molecule has 120 valence electrons. The SMILES string of the molecule is NC1CCCN(C=O)C1Cc1cccc(-c2ccccc2)c1F. The molecule has 1 fully saturated rings. The molecule has 3 nitrogen and oxygen atoms in total. The van der Waals surface area contributed by atoms with E-state index in [0.717, 1.165) is 24.8 Å². The highest BCUT2D eigenvalue weighted by Crippen LogP contribution is 2.27. The van der Waals surface area contributed by atoms with Gasteiger partial charge in [0, 0.05) is 18.2 Å². The molecule has 23 heavy (non-hydrogen) atoms. The fourth-order valence-electron chi connectivity index (χ4n) is 3.32. The van der Waals surface area contributed by atoms with Crippen LogP contribution in [0.1, 0.15) is 18.4 Å². The van der Waals surface area contributed by atoms with Gasteiger partial charge in [-0.15, -0.1) is 0 Å². The number of nitrogens with two attached hydrogens (primary N) is 1. The standard InChI is InChI=1S/C19H21FN2O/c20-19-15(12-18-17(21)10-5-11-22(18)13-23)8-4-9-16(19)14-6-2-1-3-7-14/h1-4,6-9,13,17-18H,5,10-12,21H2. The van der Waals surface area contributed by atoms with Gasteiger partial charge >= 0.3 is 0 Å². The molecule has 4 heteroatoms. The van der Waals surface area contributed by atoms with Gasteiger partial charge in [-0.2, -0.15) is 0 Å². The van der Waals surface area contributed by atoms with Crippen molar-refractivity contribution in [2.75, 3.05) is 6.54 Å². The Hall–Kier alpha value is -2.20. The van der Waals surface area contributed by atoms with Crippen LogP contribution in [0.4, 0.5) is 4.39 Å². The van der Waals surface area contributed by atoms with E-state index in [1.807, 2.05) is 36.4 Å². The molecule has 1 aliphatic heterocycles. The maximum absolute atomic E-state index is 14.9. The van der Waals surface area contributed by atoms with E-state index in [9.17, 15) is 9.18 Å². The first-order valence-corrected chi connectivity index (χ1v) is 8.00. The van der Waals surface area contributed by atoms with E-state index in [-0.39, 0.29) is 17.9 Å². The molecule has 1 heterocycles. The third kappa shape index (κ3) is 3.27. The predicted octanol–water partition coefficient (Wildman–Crippen LogP) is 2.98. The zero-order valence-corrected chi connectivity index (χ0v) is 13.0. The summed E-state index contributed by atoms with van der Waals surface area (Å²) in [4.78, 5) is 13.0. The van der Waals surface area contributed by atoms with Gasteiger partial charge in [0.15, 0.2) is 0 Å². The second-order valence-corrected chi connectivity index (χ2v) is 6.07. The molecule has 0 aromatic heterocycles. The molecule has 2 atom stereocenters. The second kappa shape index (κ2) is 6.92. The molecule has 2 unspecified atom stereocenters. The van der Waals surface area contributed by atoms with E-state index < -0.39 is 0 Å². The lowest BCUT2D eigenvalue weighted by atomic mass is 9.90. The van der Waals surface area contributed by atoms with Crippen molar-refractivity contribution < 1.29 is 9.18 Å². The van der Waals surface area contributed by atoms with Gasteiger partial charge < -0.3 is 10.6 Å². The van der Waals surface area contributed by atoms with Gasteiger partial charge in [-0.1, -0.05) is 48.5 Å². The zero-order chi connectivity index (χ0) is 16.2. The van der Waals surface area contributed by atoms with Crippen molar-refractivity contribution in [2.45, 2.75) is 31.3 Å². The summed E-state index contributed by atoms with van der Waals surface area (Å²) in [7, 11) is 0. The Bertz CT molecular complexity index is 674. The van der Waals surface area contributed by atoms with Crippen molar-refractivity contribution in [3.05, 3.63) is 59.9 Å². The highest BCUT2D eigenvalue weighted by Gasteiger charge is 2.29. The summed E-state index contributed by atoms with van der Waals surface area (Å²) in [6.07, 6.45) is 3.06. The second-order valence-electron chi connectivity index (χ2n) is 6.07. The summed E-state index contributed by atoms with van der Waals surface area (Å²) < 4.78 is 14.9. The first-order chi connectivity index (χ1) is 11.2. The number of carbonyl (C=O) groups excluding carboxylic acids is 1. The molecular weight excluding hydrogens is 291 g/mol. The normalized spacial score (nSPS) is 21.2. The van der Waals surface area contributed by atoms with Crippen molar-refractivity contribution in [3.8, 4) is 11.1 Å². The minimum Gasteiger partial charge on any atom is -0.340 e. The Morgan fingerprint density at radius 2 is 1.96 bits per heavy atom. The number of benzene rings is 2. The molecule has 0 aliphatic carbocycles. The number of halogens is 1. The van der Waals surface area contributed by atoms with Gasteiger partial charge in [-0.05, 0) is 30.4 Å². The largest absolute Gasteiger partial charge is 0.340 e. The van der Waals surface area contributed by atoms with Crippen molar-refractivity contribution in [2.24, 2.45) is 5.73 Å². The first kappa shape index (κ1) is 15.7. The monoisotopic (exact) mass is 312 g/mol. The van der Waals surface area contributed by atoms with E-state index >= 15 is 0 Å². The number of piperidine rings is 1. The summed E-state index contributed by atoms with van der Waals surface area (Å²) in [5.41, 5.74) is 8.22. The number of carbonyl (C=O) groups is 1. The topological polar surface area (TPSA) is 46.3 Å². The highest BCUT2D eigenvalue weighted by atomic mass is 19.1. The lowest BCUT2D eigenvalue weighted by Gasteiger charge is -2.37. The van der Waals surface area contributed by atoms with Crippen LogP contribution in [-0.4, -0.2) is 29.9 Å². The van der Waals surface area contributed by atoms with E-state index in [4.69, 9.17) is 5.73 Å². The quantitative estimate of drug-likeness (QED) is 0.882. The summed E-state index contributed by atoms with van der Waals surface area (Å²) in [5, 5.41) is 0. The molecule has 2 aromatic carbocycles. The van der Waals surface area contributed by atoms with Gasteiger partial charge in [0.2, 0.25) is 6.41 Å². The Kier molecular flexibility index (Phi) is 4.72. The summed E-state index contributed by atoms with van der Waals surface area (Å²) in [6, 6.07) is 14.7. The minimum absolute atomic E-state index is 0.103.